The third-order valence-corrected chi connectivity index (χ3v) is 3.99. The van der Waals surface area contributed by atoms with Crippen molar-refractivity contribution in [2.45, 2.75) is 25.0 Å². The van der Waals surface area contributed by atoms with Gasteiger partial charge in [-0.2, -0.15) is 0 Å². The molecule has 120 valence electrons. The van der Waals surface area contributed by atoms with E-state index in [1.54, 1.807) is 17.3 Å². The standard InChI is InChI=1S/C18H20N2O3/c21-17(14-5-2-1-3-6-14)11-18(22)20-10-8-16(13-20)23-15-7-4-9-19-12-15/h1-7,9,12,16-17,21H,8,10-11,13H2. The van der Waals surface area contributed by atoms with Crippen molar-refractivity contribution in [1.29, 1.82) is 0 Å². The highest BCUT2D eigenvalue weighted by Crippen LogP contribution is 2.21. The summed E-state index contributed by atoms with van der Waals surface area (Å²) in [6, 6.07) is 12.9. The summed E-state index contributed by atoms with van der Waals surface area (Å²) in [7, 11) is 0. The van der Waals surface area contributed by atoms with Crippen LogP contribution in [0, 0.1) is 0 Å². The van der Waals surface area contributed by atoms with Crippen LogP contribution in [0.3, 0.4) is 0 Å². The maximum Gasteiger partial charge on any atom is 0.225 e. The molecule has 5 heteroatoms. The van der Waals surface area contributed by atoms with Crippen molar-refractivity contribution >= 4 is 5.91 Å². The maximum absolute atomic E-state index is 12.3. The first-order valence-corrected chi connectivity index (χ1v) is 7.80. The third kappa shape index (κ3) is 4.07. The van der Waals surface area contributed by atoms with Gasteiger partial charge < -0.3 is 14.7 Å². The Hall–Kier alpha value is -2.40. The smallest absolute Gasteiger partial charge is 0.225 e. The minimum Gasteiger partial charge on any atom is -0.487 e. The summed E-state index contributed by atoms with van der Waals surface area (Å²) in [6.45, 7) is 1.21. The first kappa shape index (κ1) is 15.5. The normalized spacial score (nSPS) is 18.7. The summed E-state index contributed by atoms with van der Waals surface area (Å²) in [5.74, 6) is 0.676. The first-order chi connectivity index (χ1) is 11.2. The number of pyridine rings is 1. The van der Waals surface area contributed by atoms with Crippen molar-refractivity contribution in [2.24, 2.45) is 0 Å². The van der Waals surface area contributed by atoms with E-state index < -0.39 is 6.10 Å². The van der Waals surface area contributed by atoms with E-state index in [-0.39, 0.29) is 18.4 Å². The Morgan fingerprint density at radius 3 is 2.87 bits per heavy atom. The highest BCUT2D eigenvalue weighted by molar-refractivity contribution is 5.77. The summed E-state index contributed by atoms with van der Waals surface area (Å²) in [5, 5.41) is 10.2. The molecule has 5 nitrogen and oxygen atoms in total. The fourth-order valence-corrected chi connectivity index (χ4v) is 2.75. The lowest BCUT2D eigenvalue weighted by Crippen LogP contribution is -2.31. The van der Waals surface area contributed by atoms with E-state index in [1.807, 2.05) is 42.5 Å². The van der Waals surface area contributed by atoms with Crippen LogP contribution in [0.1, 0.15) is 24.5 Å². The molecule has 1 saturated heterocycles. The Bertz CT molecular complexity index is 633. The van der Waals surface area contributed by atoms with Crippen LogP contribution in [0.4, 0.5) is 0 Å². The van der Waals surface area contributed by atoms with Gasteiger partial charge in [0.1, 0.15) is 11.9 Å². The quantitative estimate of drug-likeness (QED) is 0.919. The number of ether oxygens (including phenoxy) is 1. The number of aliphatic hydroxyl groups excluding tert-OH is 1. The highest BCUT2D eigenvalue weighted by atomic mass is 16.5. The molecule has 3 rings (SSSR count). The predicted molar refractivity (Wildman–Crippen MR) is 85.9 cm³/mol. The number of hydrogen-bond acceptors (Lipinski definition) is 4. The van der Waals surface area contributed by atoms with Gasteiger partial charge in [0.2, 0.25) is 5.91 Å². The minimum atomic E-state index is -0.762. The number of rotatable bonds is 5. The number of benzene rings is 1. The predicted octanol–water partition coefficient (Wildman–Crippen LogP) is 2.18. The number of carbonyl (C=O) groups is 1. The molecule has 0 bridgehead atoms. The fraction of sp³-hybridized carbons (Fsp3) is 0.333. The van der Waals surface area contributed by atoms with Crippen LogP contribution in [0.25, 0.3) is 0 Å². The molecule has 1 aliphatic rings. The van der Waals surface area contributed by atoms with Crippen molar-refractivity contribution < 1.29 is 14.6 Å². The molecule has 1 aromatic heterocycles. The average molecular weight is 312 g/mol. The molecule has 0 aliphatic carbocycles. The number of aromatic nitrogens is 1. The van der Waals surface area contributed by atoms with E-state index in [9.17, 15) is 9.90 Å². The Morgan fingerprint density at radius 1 is 1.30 bits per heavy atom. The lowest BCUT2D eigenvalue weighted by atomic mass is 10.1. The topological polar surface area (TPSA) is 62.7 Å². The second-order valence-electron chi connectivity index (χ2n) is 5.69. The van der Waals surface area contributed by atoms with E-state index >= 15 is 0 Å². The molecule has 1 amide bonds. The van der Waals surface area contributed by atoms with Gasteiger partial charge in [0.05, 0.1) is 25.3 Å². The van der Waals surface area contributed by atoms with Crippen molar-refractivity contribution in [1.82, 2.24) is 9.88 Å². The van der Waals surface area contributed by atoms with Gasteiger partial charge in [-0.1, -0.05) is 30.3 Å². The van der Waals surface area contributed by atoms with Crippen molar-refractivity contribution in [3.63, 3.8) is 0 Å². The molecule has 0 saturated carbocycles. The van der Waals surface area contributed by atoms with Gasteiger partial charge in [0.25, 0.3) is 0 Å². The van der Waals surface area contributed by atoms with Crippen molar-refractivity contribution in [3.05, 3.63) is 60.4 Å². The van der Waals surface area contributed by atoms with E-state index in [1.165, 1.54) is 0 Å². The molecule has 23 heavy (non-hydrogen) atoms. The number of likely N-dealkylation sites (tertiary alicyclic amines) is 1. The molecule has 1 aliphatic heterocycles. The number of nitrogens with zero attached hydrogens (tertiary/aromatic N) is 2. The first-order valence-electron chi connectivity index (χ1n) is 7.80. The maximum atomic E-state index is 12.3. The Kier molecular flexibility index (Phi) is 4.88. The van der Waals surface area contributed by atoms with Gasteiger partial charge in [-0.3, -0.25) is 9.78 Å². The SMILES string of the molecule is O=C(CC(O)c1ccccc1)N1CCC(Oc2cccnc2)C1. The Labute approximate surface area is 135 Å². The fourth-order valence-electron chi connectivity index (χ4n) is 2.75. The van der Waals surface area contributed by atoms with Gasteiger partial charge in [-0.05, 0) is 17.7 Å². The Morgan fingerprint density at radius 2 is 2.13 bits per heavy atom. The summed E-state index contributed by atoms with van der Waals surface area (Å²) < 4.78 is 5.83. The molecule has 2 heterocycles. The van der Waals surface area contributed by atoms with E-state index in [2.05, 4.69) is 4.98 Å². The van der Waals surface area contributed by atoms with Crippen LogP contribution in [0.15, 0.2) is 54.9 Å². The van der Waals surface area contributed by atoms with Gasteiger partial charge in [0.15, 0.2) is 0 Å². The minimum absolute atomic E-state index is 0.0166. The van der Waals surface area contributed by atoms with E-state index in [0.29, 0.717) is 13.1 Å². The number of aliphatic hydroxyl groups is 1. The molecule has 2 atom stereocenters. The molecule has 2 unspecified atom stereocenters. The van der Waals surface area contributed by atoms with E-state index in [0.717, 1.165) is 17.7 Å². The average Bonchev–Trinajstić information content (AvgIpc) is 3.05. The van der Waals surface area contributed by atoms with Crippen LogP contribution in [0.2, 0.25) is 0 Å². The molecule has 1 aromatic carbocycles. The van der Waals surface area contributed by atoms with E-state index in [4.69, 9.17) is 4.74 Å². The van der Waals surface area contributed by atoms with Gasteiger partial charge in [-0.25, -0.2) is 0 Å². The van der Waals surface area contributed by atoms with Gasteiger partial charge in [0, 0.05) is 19.2 Å². The highest BCUT2D eigenvalue weighted by Gasteiger charge is 2.28. The van der Waals surface area contributed by atoms with Crippen molar-refractivity contribution in [3.8, 4) is 5.75 Å². The lowest BCUT2D eigenvalue weighted by Gasteiger charge is -2.19. The van der Waals surface area contributed by atoms with Crippen LogP contribution in [-0.2, 0) is 4.79 Å². The largest absolute Gasteiger partial charge is 0.487 e. The third-order valence-electron chi connectivity index (χ3n) is 3.99. The Balaban J connectivity index is 1.51. The van der Waals surface area contributed by atoms with Crippen molar-refractivity contribution in [2.75, 3.05) is 13.1 Å². The number of hydrogen-bond donors (Lipinski definition) is 1. The molecule has 1 fully saturated rings. The zero-order valence-electron chi connectivity index (χ0n) is 12.8. The molecular formula is C18H20N2O3. The second-order valence-corrected chi connectivity index (χ2v) is 5.69. The van der Waals surface area contributed by atoms with Crippen LogP contribution in [-0.4, -0.2) is 40.1 Å². The van der Waals surface area contributed by atoms with Crippen LogP contribution < -0.4 is 4.74 Å². The van der Waals surface area contributed by atoms with Gasteiger partial charge in [-0.15, -0.1) is 0 Å². The monoisotopic (exact) mass is 312 g/mol. The number of carbonyl (C=O) groups excluding carboxylic acids is 1. The zero-order valence-corrected chi connectivity index (χ0v) is 12.8. The molecule has 2 aromatic rings. The molecular weight excluding hydrogens is 292 g/mol. The van der Waals surface area contributed by atoms with Crippen LogP contribution in [0.5, 0.6) is 5.75 Å². The van der Waals surface area contributed by atoms with Crippen LogP contribution >= 0.6 is 0 Å². The van der Waals surface area contributed by atoms with Gasteiger partial charge >= 0.3 is 0 Å². The lowest BCUT2D eigenvalue weighted by molar-refractivity contribution is -0.132. The number of amides is 1. The summed E-state index contributed by atoms with van der Waals surface area (Å²) in [4.78, 5) is 18.1. The second kappa shape index (κ2) is 7.24. The summed E-state index contributed by atoms with van der Waals surface area (Å²) in [5.41, 5.74) is 0.767. The summed E-state index contributed by atoms with van der Waals surface area (Å²) >= 11 is 0. The summed E-state index contributed by atoms with van der Waals surface area (Å²) in [6.07, 6.45) is 3.48. The molecule has 0 radical (unpaired) electrons. The molecule has 1 N–H and O–H groups in total. The zero-order chi connectivity index (χ0) is 16.1. The molecule has 0 spiro atoms.